The molecule has 2 aliphatic carbocycles. The van der Waals surface area contributed by atoms with Crippen LogP contribution in [0.1, 0.15) is 96.8 Å². The summed E-state index contributed by atoms with van der Waals surface area (Å²) in [6.45, 7) is 1.93. The van der Waals surface area contributed by atoms with Crippen molar-refractivity contribution in [2.24, 2.45) is 5.92 Å². The number of carboxylic acids is 1. The van der Waals surface area contributed by atoms with Crippen molar-refractivity contribution in [3.05, 3.63) is 36.0 Å². The molecule has 0 atom stereocenters. The van der Waals surface area contributed by atoms with E-state index < -0.39 is 5.97 Å². The lowest BCUT2D eigenvalue weighted by Gasteiger charge is -2.09. The smallest absolute Gasteiger partial charge is 0.303 e. The number of unbranched alkanes of at least 4 members (excludes halogenated alkanes) is 3. The van der Waals surface area contributed by atoms with Crippen molar-refractivity contribution >= 4 is 5.97 Å². The van der Waals surface area contributed by atoms with E-state index in [9.17, 15) is 4.79 Å². The summed E-state index contributed by atoms with van der Waals surface area (Å²) < 4.78 is 0. The SMILES string of the molecule is C/C=C\CCCC(=O)O.C1=CC(CCCCCC2CCCC2)=CCC1. The van der Waals surface area contributed by atoms with Crippen LogP contribution in [0, 0.1) is 5.92 Å². The van der Waals surface area contributed by atoms with Crippen molar-refractivity contribution in [1.82, 2.24) is 0 Å². The van der Waals surface area contributed by atoms with Crippen molar-refractivity contribution in [2.75, 3.05) is 0 Å². The average Bonchev–Trinajstić information content (AvgIpc) is 3.13. The van der Waals surface area contributed by atoms with Crippen molar-refractivity contribution < 1.29 is 9.90 Å². The van der Waals surface area contributed by atoms with Crippen molar-refractivity contribution in [2.45, 2.75) is 96.8 Å². The molecule has 0 heterocycles. The molecule has 2 aliphatic rings. The van der Waals surface area contributed by atoms with Crippen LogP contribution in [0.2, 0.25) is 0 Å². The van der Waals surface area contributed by atoms with Crippen molar-refractivity contribution in [3.63, 3.8) is 0 Å². The lowest BCUT2D eigenvalue weighted by atomic mass is 9.97. The normalized spacial score (nSPS) is 17.4. The van der Waals surface area contributed by atoms with E-state index >= 15 is 0 Å². The Morgan fingerprint density at radius 2 is 1.96 bits per heavy atom. The van der Waals surface area contributed by atoms with E-state index in [1.807, 2.05) is 19.1 Å². The molecule has 0 spiro atoms. The molecule has 25 heavy (non-hydrogen) atoms. The molecule has 0 aromatic rings. The van der Waals surface area contributed by atoms with Crippen molar-refractivity contribution in [1.29, 1.82) is 0 Å². The van der Waals surface area contributed by atoms with Gasteiger partial charge in [0.1, 0.15) is 0 Å². The summed E-state index contributed by atoms with van der Waals surface area (Å²) in [6, 6.07) is 0. The highest BCUT2D eigenvalue weighted by molar-refractivity contribution is 5.66. The Morgan fingerprint density at radius 3 is 2.60 bits per heavy atom. The largest absolute Gasteiger partial charge is 0.481 e. The van der Waals surface area contributed by atoms with Crippen LogP contribution in [0.5, 0.6) is 0 Å². The highest BCUT2D eigenvalue weighted by Gasteiger charge is 2.13. The van der Waals surface area contributed by atoms with Crippen LogP contribution in [0.15, 0.2) is 36.0 Å². The van der Waals surface area contributed by atoms with E-state index in [1.165, 1.54) is 70.6 Å². The van der Waals surface area contributed by atoms with Gasteiger partial charge in [-0.25, -0.2) is 0 Å². The standard InChI is InChI=1S/C16H26.C7H12O2/c1-3-9-15(10-4-1)11-5-2-6-12-16-13-7-8-14-16;1-2-3-4-5-6-7(8)9/h3,9-10,16H,1-2,4-8,11-14H2;2-3H,4-6H2,1H3,(H,8,9)/b;3-2-. The highest BCUT2D eigenvalue weighted by atomic mass is 16.4. The molecule has 2 rings (SSSR count). The molecule has 0 aromatic heterocycles. The molecule has 1 N–H and O–H groups in total. The van der Waals surface area contributed by atoms with Gasteiger partial charge >= 0.3 is 5.97 Å². The molecule has 1 fully saturated rings. The van der Waals surface area contributed by atoms with Gasteiger partial charge in [-0.1, -0.05) is 80.9 Å². The van der Waals surface area contributed by atoms with Gasteiger partial charge in [-0.05, 0) is 51.4 Å². The minimum Gasteiger partial charge on any atom is -0.481 e. The Labute approximate surface area is 155 Å². The third kappa shape index (κ3) is 12.7. The molecule has 0 amide bonds. The van der Waals surface area contributed by atoms with Gasteiger partial charge in [0.25, 0.3) is 0 Å². The lowest BCUT2D eigenvalue weighted by Crippen LogP contribution is -1.93. The summed E-state index contributed by atoms with van der Waals surface area (Å²) in [5.74, 6) is 0.383. The van der Waals surface area contributed by atoms with Crippen LogP contribution in [-0.2, 0) is 4.79 Å². The van der Waals surface area contributed by atoms with Gasteiger partial charge in [0, 0.05) is 6.42 Å². The maximum Gasteiger partial charge on any atom is 0.303 e. The van der Waals surface area contributed by atoms with Gasteiger partial charge in [0.05, 0.1) is 0 Å². The van der Waals surface area contributed by atoms with Crippen LogP contribution in [0.4, 0.5) is 0 Å². The number of hydrogen-bond donors (Lipinski definition) is 1. The molecule has 0 saturated heterocycles. The van der Waals surface area contributed by atoms with E-state index in [-0.39, 0.29) is 6.42 Å². The Hall–Kier alpha value is -1.31. The molecule has 1 saturated carbocycles. The lowest BCUT2D eigenvalue weighted by molar-refractivity contribution is -0.137. The summed E-state index contributed by atoms with van der Waals surface area (Å²) in [6.07, 6.45) is 28.6. The number of allylic oxidation sites excluding steroid dienone is 6. The zero-order valence-electron chi connectivity index (χ0n) is 16.2. The topological polar surface area (TPSA) is 37.3 Å². The molecule has 0 radical (unpaired) electrons. The van der Waals surface area contributed by atoms with Gasteiger partial charge in [-0.15, -0.1) is 0 Å². The molecule has 0 aromatic carbocycles. The van der Waals surface area contributed by atoms with Gasteiger partial charge < -0.3 is 5.11 Å². The van der Waals surface area contributed by atoms with Crippen molar-refractivity contribution in [3.8, 4) is 0 Å². The molecule has 0 aliphatic heterocycles. The first-order valence-corrected chi connectivity index (χ1v) is 10.4. The molecular formula is C23H38O2. The van der Waals surface area contributed by atoms with Gasteiger partial charge in [-0.2, -0.15) is 0 Å². The third-order valence-corrected chi connectivity index (χ3v) is 5.12. The van der Waals surface area contributed by atoms with Gasteiger partial charge in [0.2, 0.25) is 0 Å². The summed E-state index contributed by atoms with van der Waals surface area (Å²) in [7, 11) is 0. The highest BCUT2D eigenvalue weighted by Crippen LogP contribution is 2.29. The Morgan fingerprint density at radius 1 is 1.16 bits per heavy atom. The van der Waals surface area contributed by atoms with Crippen LogP contribution in [-0.4, -0.2) is 11.1 Å². The fourth-order valence-corrected chi connectivity index (χ4v) is 3.63. The summed E-state index contributed by atoms with van der Waals surface area (Å²) in [4.78, 5) is 9.94. The summed E-state index contributed by atoms with van der Waals surface area (Å²) in [5.41, 5.74) is 1.59. The number of carbonyl (C=O) groups is 1. The minimum absolute atomic E-state index is 0.282. The van der Waals surface area contributed by atoms with Gasteiger partial charge in [-0.3, -0.25) is 4.79 Å². The fourth-order valence-electron chi connectivity index (χ4n) is 3.63. The predicted octanol–water partition coefficient (Wildman–Crippen LogP) is 7.22. The molecule has 0 unspecified atom stereocenters. The first-order valence-electron chi connectivity index (χ1n) is 10.4. The van der Waals surface area contributed by atoms with E-state index in [2.05, 4.69) is 18.2 Å². The van der Waals surface area contributed by atoms with E-state index in [0.29, 0.717) is 0 Å². The number of rotatable bonds is 10. The quantitative estimate of drug-likeness (QED) is 0.335. The van der Waals surface area contributed by atoms with E-state index in [1.54, 1.807) is 5.57 Å². The molecule has 2 heteroatoms. The second-order valence-corrected chi connectivity index (χ2v) is 7.36. The predicted molar refractivity (Wildman–Crippen MR) is 108 cm³/mol. The van der Waals surface area contributed by atoms with E-state index in [0.717, 1.165) is 18.8 Å². The first-order chi connectivity index (χ1) is 12.2. The van der Waals surface area contributed by atoms with Crippen LogP contribution in [0.3, 0.4) is 0 Å². The van der Waals surface area contributed by atoms with Crippen LogP contribution >= 0.6 is 0 Å². The third-order valence-electron chi connectivity index (χ3n) is 5.12. The summed E-state index contributed by atoms with van der Waals surface area (Å²) in [5, 5.41) is 8.19. The van der Waals surface area contributed by atoms with Crippen LogP contribution < -0.4 is 0 Å². The summed E-state index contributed by atoms with van der Waals surface area (Å²) >= 11 is 0. The Balaban J connectivity index is 0.000000299. The Kier molecular flexibility index (Phi) is 13.0. The number of hydrogen-bond acceptors (Lipinski definition) is 1. The Bertz CT molecular complexity index is 425. The zero-order valence-corrected chi connectivity index (χ0v) is 16.2. The second-order valence-electron chi connectivity index (χ2n) is 7.36. The fraction of sp³-hybridized carbons (Fsp3) is 0.696. The monoisotopic (exact) mass is 346 g/mol. The number of aliphatic carboxylic acids is 1. The average molecular weight is 347 g/mol. The minimum atomic E-state index is -0.709. The second kappa shape index (κ2) is 15.0. The first kappa shape index (κ1) is 21.7. The maximum absolute atomic E-state index is 9.94. The molecule has 142 valence electrons. The molecule has 2 nitrogen and oxygen atoms in total. The van der Waals surface area contributed by atoms with E-state index in [4.69, 9.17) is 5.11 Å². The van der Waals surface area contributed by atoms with Gasteiger partial charge in [0.15, 0.2) is 0 Å². The zero-order chi connectivity index (χ0) is 18.2. The molecule has 0 bridgehead atoms. The number of carboxylic acid groups (broad SMARTS) is 1. The van der Waals surface area contributed by atoms with Crippen LogP contribution in [0.25, 0.3) is 0 Å². The maximum atomic E-state index is 9.94. The molecular weight excluding hydrogens is 308 g/mol.